The van der Waals surface area contributed by atoms with E-state index < -0.39 is 5.91 Å². The molecule has 2 N–H and O–H groups in total. The summed E-state index contributed by atoms with van der Waals surface area (Å²) >= 11 is 0. The Bertz CT molecular complexity index is 633. The molecule has 148 valence electrons. The second-order valence-corrected chi connectivity index (χ2v) is 5.94. The van der Waals surface area contributed by atoms with E-state index in [1.54, 1.807) is 24.3 Å². The van der Waals surface area contributed by atoms with Crippen LogP contribution in [0.4, 0.5) is 5.69 Å². The molecule has 0 heterocycles. The van der Waals surface area contributed by atoms with E-state index in [-0.39, 0.29) is 43.7 Å². The molecule has 0 atom stereocenters. The first kappa shape index (κ1) is 22.1. The summed E-state index contributed by atoms with van der Waals surface area (Å²) in [5.74, 6) is -1.33. The quantitative estimate of drug-likeness (QED) is 0.566. The van der Waals surface area contributed by atoms with Crippen molar-refractivity contribution in [2.24, 2.45) is 0 Å². The first-order valence-electron chi connectivity index (χ1n) is 8.92. The summed E-state index contributed by atoms with van der Waals surface area (Å²) in [6.07, 6.45) is 1.39. The van der Waals surface area contributed by atoms with Crippen LogP contribution in [0.1, 0.15) is 32.6 Å². The number of esters is 1. The van der Waals surface area contributed by atoms with Crippen molar-refractivity contribution < 1.29 is 23.9 Å². The summed E-state index contributed by atoms with van der Waals surface area (Å²) in [7, 11) is 1.30. The van der Waals surface area contributed by atoms with Crippen LogP contribution in [-0.2, 0) is 23.9 Å². The molecular formula is C19H27N3O5. The lowest BCUT2D eigenvalue weighted by molar-refractivity contribution is -0.141. The number of hydrogen-bond donors (Lipinski definition) is 2. The van der Waals surface area contributed by atoms with Crippen LogP contribution >= 0.6 is 0 Å². The Morgan fingerprint density at radius 1 is 1.04 bits per heavy atom. The van der Waals surface area contributed by atoms with Gasteiger partial charge in [-0.2, -0.15) is 0 Å². The van der Waals surface area contributed by atoms with Crippen molar-refractivity contribution in [3.05, 3.63) is 30.3 Å². The van der Waals surface area contributed by atoms with Crippen molar-refractivity contribution in [2.45, 2.75) is 32.6 Å². The standard InChI is InChI=1S/C19H27N3O5/c1-3-12-22(18(25)10-7-11-19(26)27-2)14-17(24)20-13-16(23)21-15-8-5-4-6-9-15/h4-6,8-9H,3,7,10-14H2,1-2H3,(H,20,24)(H,21,23). The van der Waals surface area contributed by atoms with Gasteiger partial charge in [-0.05, 0) is 25.0 Å². The van der Waals surface area contributed by atoms with Crippen LogP contribution in [0.2, 0.25) is 0 Å². The Hall–Kier alpha value is -2.90. The molecule has 27 heavy (non-hydrogen) atoms. The summed E-state index contributed by atoms with van der Waals surface area (Å²) in [5, 5.41) is 5.18. The van der Waals surface area contributed by atoms with Gasteiger partial charge in [-0.25, -0.2) is 0 Å². The van der Waals surface area contributed by atoms with Gasteiger partial charge < -0.3 is 20.3 Å². The lowest BCUT2D eigenvalue weighted by atomic mass is 10.2. The Labute approximate surface area is 159 Å². The van der Waals surface area contributed by atoms with Gasteiger partial charge in [0, 0.05) is 25.1 Å². The van der Waals surface area contributed by atoms with Crippen LogP contribution < -0.4 is 10.6 Å². The molecule has 3 amide bonds. The van der Waals surface area contributed by atoms with Crippen LogP contribution in [-0.4, -0.2) is 55.3 Å². The molecule has 0 fully saturated rings. The molecule has 8 nitrogen and oxygen atoms in total. The summed E-state index contributed by atoms with van der Waals surface area (Å²) in [4.78, 5) is 48.7. The highest BCUT2D eigenvalue weighted by Crippen LogP contribution is 2.05. The van der Waals surface area contributed by atoms with Gasteiger partial charge in [0.15, 0.2) is 0 Å². The second kappa shape index (κ2) is 12.5. The van der Waals surface area contributed by atoms with E-state index in [1.165, 1.54) is 12.0 Å². The van der Waals surface area contributed by atoms with E-state index in [1.807, 2.05) is 13.0 Å². The minimum atomic E-state index is -0.409. The number of carbonyl (C=O) groups is 4. The number of amides is 3. The molecule has 0 aliphatic heterocycles. The molecule has 0 saturated heterocycles. The molecule has 0 aromatic heterocycles. The molecule has 0 radical (unpaired) electrons. The fourth-order valence-electron chi connectivity index (χ4n) is 2.34. The highest BCUT2D eigenvalue weighted by atomic mass is 16.5. The van der Waals surface area contributed by atoms with Crippen molar-refractivity contribution in [3.63, 3.8) is 0 Å². The van der Waals surface area contributed by atoms with Gasteiger partial charge in [0.1, 0.15) is 0 Å². The molecule has 1 aromatic rings. The number of hydrogen-bond acceptors (Lipinski definition) is 5. The zero-order valence-electron chi connectivity index (χ0n) is 15.8. The van der Waals surface area contributed by atoms with Gasteiger partial charge in [0.05, 0.1) is 20.2 Å². The fourth-order valence-corrected chi connectivity index (χ4v) is 2.34. The smallest absolute Gasteiger partial charge is 0.305 e. The molecule has 0 spiro atoms. The van der Waals surface area contributed by atoms with Crippen molar-refractivity contribution in [1.82, 2.24) is 10.2 Å². The highest BCUT2D eigenvalue weighted by Gasteiger charge is 2.17. The molecule has 0 unspecified atom stereocenters. The van der Waals surface area contributed by atoms with Gasteiger partial charge in [0.2, 0.25) is 17.7 Å². The van der Waals surface area contributed by atoms with Crippen LogP contribution in [0, 0.1) is 0 Å². The predicted octanol–water partition coefficient (Wildman–Crippen LogP) is 1.32. The van der Waals surface area contributed by atoms with E-state index in [9.17, 15) is 19.2 Å². The lowest BCUT2D eigenvalue weighted by Crippen LogP contribution is -2.43. The first-order valence-corrected chi connectivity index (χ1v) is 8.92. The number of rotatable bonds is 11. The van der Waals surface area contributed by atoms with E-state index in [4.69, 9.17) is 0 Å². The first-order chi connectivity index (χ1) is 13.0. The van der Waals surface area contributed by atoms with Gasteiger partial charge in [-0.15, -0.1) is 0 Å². The minimum Gasteiger partial charge on any atom is -0.469 e. The Morgan fingerprint density at radius 2 is 1.74 bits per heavy atom. The van der Waals surface area contributed by atoms with E-state index in [0.717, 1.165) is 0 Å². The molecule has 1 aromatic carbocycles. The number of anilines is 1. The average Bonchev–Trinajstić information content (AvgIpc) is 2.66. The van der Waals surface area contributed by atoms with Crippen LogP contribution in [0.5, 0.6) is 0 Å². The second-order valence-electron chi connectivity index (χ2n) is 5.94. The topological polar surface area (TPSA) is 105 Å². The monoisotopic (exact) mass is 377 g/mol. The number of para-hydroxylation sites is 1. The Kier molecular flexibility index (Phi) is 10.2. The molecule has 8 heteroatoms. The minimum absolute atomic E-state index is 0.122. The molecular weight excluding hydrogens is 350 g/mol. The van der Waals surface area contributed by atoms with Crippen molar-refractivity contribution >= 4 is 29.4 Å². The predicted molar refractivity (Wildman–Crippen MR) is 101 cm³/mol. The fraction of sp³-hybridized carbons (Fsp3) is 0.474. The van der Waals surface area contributed by atoms with E-state index >= 15 is 0 Å². The molecule has 0 aliphatic carbocycles. The molecule has 1 rings (SSSR count). The zero-order valence-corrected chi connectivity index (χ0v) is 15.8. The number of nitrogens with one attached hydrogen (secondary N) is 2. The summed E-state index contributed by atoms with van der Waals surface area (Å²) < 4.78 is 4.54. The lowest BCUT2D eigenvalue weighted by Gasteiger charge is -2.21. The highest BCUT2D eigenvalue weighted by molar-refractivity contribution is 5.95. The Balaban J connectivity index is 2.39. The number of nitrogens with zero attached hydrogens (tertiary/aromatic N) is 1. The molecule has 0 saturated carbocycles. The van der Waals surface area contributed by atoms with E-state index in [0.29, 0.717) is 25.1 Å². The summed E-state index contributed by atoms with van der Waals surface area (Å²) in [5.41, 5.74) is 0.644. The third kappa shape index (κ3) is 9.39. The van der Waals surface area contributed by atoms with Gasteiger partial charge in [-0.3, -0.25) is 19.2 Å². The SMILES string of the molecule is CCCN(CC(=O)NCC(=O)Nc1ccccc1)C(=O)CCCC(=O)OC. The van der Waals surface area contributed by atoms with Crippen LogP contribution in [0.3, 0.4) is 0 Å². The van der Waals surface area contributed by atoms with Crippen molar-refractivity contribution in [1.29, 1.82) is 0 Å². The number of methoxy groups -OCH3 is 1. The maximum atomic E-state index is 12.2. The third-order valence-electron chi connectivity index (χ3n) is 3.68. The maximum Gasteiger partial charge on any atom is 0.305 e. The maximum absolute atomic E-state index is 12.2. The summed E-state index contributed by atoms with van der Waals surface area (Å²) in [6, 6.07) is 8.92. The number of ether oxygens (including phenoxy) is 1. The largest absolute Gasteiger partial charge is 0.469 e. The molecule has 0 aliphatic rings. The van der Waals surface area contributed by atoms with Crippen molar-refractivity contribution in [3.8, 4) is 0 Å². The normalized spacial score (nSPS) is 10.0. The van der Waals surface area contributed by atoms with Gasteiger partial charge in [-0.1, -0.05) is 25.1 Å². The van der Waals surface area contributed by atoms with E-state index in [2.05, 4.69) is 15.4 Å². The zero-order chi connectivity index (χ0) is 20.1. The number of benzene rings is 1. The van der Waals surface area contributed by atoms with Gasteiger partial charge >= 0.3 is 5.97 Å². The van der Waals surface area contributed by atoms with Crippen molar-refractivity contribution in [2.75, 3.05) is 32.1 Å². The van der Waals surface area contributed by atoms with Crippen LogP contribution in [0.15, 0.2) is 30.3 Å². The van der Waals surface area contributed by atoms with Crippen LogP contribution in [0.25, 0.3) is 0 Å². The molecule has 0 bridgehead atoms. The third-order valence-corrected chi connectivity index (χ3v) is 3.68. The van der Waals surface area contributed by atoms with Gasteiger partial charge in [0.25, 0.3) is 0 Å². The Morgan fingerprint density at radius 3 is 2.37 bits per heavy atom. The average molecular weight is 377 g/mol. The summed E-state index contributed by atoms with van der Waals surface area (Å²) in [6.45, 7) is 2.04. The number of carbonyl (C=O) groups excluding carboxylic acids is 4.